The Hall–Kier alpha value is -1.10. The van der Waals surface area contributed by atoms with Crippen LogP contribution in [0.2, 0.25) is 0 Å². The summed E-state index contributed by atoms with van der Waals surface area (Å²) < 4.78 is 11.1. The molecule has 4 nitrogen and oxygen atoms in total. The van der Waals surface area contributed by atoms with Gasteiger partial charge in [0.25, 0.3) is 0 Å². The monoisotopic (exact) mass is 428 g/mol. The molecule has 0 saturated carbocycles. The number of carbonyl (C=O) groups excluding carboxylic acids is 2. The van der Waals surface area contributed by atoms with E-state index in [2.05, 4.69) is 15.9 Å². The first kappa shape index (κ1) is 22.9. The molecule has 0 heterocycles. The lowest BCUT2D eigenvalue weighted by Gasteiger charge is -2.19. The predicted octanol–water partition coefficient (Wildman–Crippen LogP) is 5.64. The first-order valence-electron chi connectivity index (χ1n) is 9.67. The number of ether oxygens (including phenoxy) is 2. The lowest BCUT2D eigenvalue weighted by Crippen LogP contribution is -2.23. The Morgan fingerprint density at radius 3 is 2.38 bits per heavy atom. The van der Waals surface area contributed by atoms with Crippen LogP contribution in [0.15, 0.2) is 23.5 Å². The van der Waals surface area contributed by atoms with Crippen LogP contribution in [-0.4, -0.2) is 29.3 Å². The summed E-state index contributed by atoms with van der Waals surface area (Å²) >= 11 is 3.53. The summed E-state index contributed by atoms with van der Waals surface area (Å²) in [7, 11) is 0. The molecule has 1 aliphatic carbocycles. The van der Waals surface area contributed by atoms with Crippen molar-refractivity contribution in [1.82, 2.24) is 0 Å². The van der Waals surface area contributed by atoms with Gasteiger partial charge in [0.1, 0.15) is 11.4 Å². The largest absolute Gasteiger partial charge is 0.497 e. The van der Waals surface area contributed by atoms with Gasteiger partial charge in [-0.05, 0) is 33.6 Å². The van der Waals surface area contributed by atoms with Gasteiger partial charge in [0.15, 0.2) is 6.29 Å². The second-order valence-corrected chi connectivity index (χ2v) is 8.91. The van der Waals surface area contributed by atoms with Gasteiger partial charge in [-0.1, -0.05) is 60.2 Å². The van der Waals surface area contributed by atoms with Crippen molar-refractivity contribution in [3.05, 3.63) is 23.5 Å². The van der Waals surface area contributed by atoms with E-state index in [9.17, 15) is 9.59 Å². The smallest absolute Gasteiger partial charge is 0.306 e. The second kappa shape index (κ2) is 12.3. The zero-order chi connectivity index (χ0) is 19.4. The van der Waals surface area contributed by atoms with Gasteiger partial charge in [0, 0.05) is 17.7 Å². The second-order valence-electron chi connectivity index (χ2n) is 7.74. The van der Waals surface area contributed by atoms with E-state index < -0.39 is 0 Å². The third-order valence-electron chi connectivity index (χ3n) is 4.04. The standard InChI is InChI=1S/C21H33BrO4/c1-21(2,3)26-20(24)11-9-7-5-4-6-8-10-14-25-19-15-18(22)13-12-17(19)16-23/h12-13,16,18H,4-11,14-15H2,1-3H3. The van der Waals surface area contributed by atoms with Gasteiger partial charge in [0.05, 0.1) is 12.2 Å². The van der Waals surface area contributed by atoms with Crippen molar-refractivity contribution in [2.45, 2.75) is 89.0 Å². The number of esters is 1. The molecule has 0 N–H and O–H groups in total. The molecule has 0 aromatic carbocycles. The highest BCUT2D eigenvalue weighted by molar-refractivity contribution is 9.09. The fourth-order valence-electron chi connectivity index (χ4n) is 2.75. The molecule has 0 fully saturated rings. The predicted molar refractivity (Wildman–Crippen MR) is 108 cm³/mol. The van der Waals surface area contributed by atoms with Crippen molar-refractivity contribution in [3.63, 3.8) is 0 Å². The van der Waals surface area contributed by atoms with Gasteiger partial charge >= 0.3 is 5.97 Å². The normalized spacial score (nSPS) is 17.3. The minimum atomic E-state index is -0.384. The van der Waals surface area contributed by atoms with Crippen molar-refractivity contribution in [2.24, 2.45) is 0 Å². The molecule has 0 spiro atoms. The number of halogens is 1. The highest BCUT2D eigenvalue weighted by Crippen LogP contribution is 2.24. The lowest BCUT2D eigenvalue weighted by atomic mass is 10.1. The molecule has 0 radical (unpaired) electrons. The zero-order valence-electron chi connectivity index (χ0n) is 16.4. The van der Waals surface area contributed by atoms with E-state index in [0.29, 0.717) is 18.6 Å². The molecule has 0 bridgehead atoms. The molecule has 1 rings (SSSR count). The number of alkyl halides is 1. The molecule has 1 atom stereocenters. The number of hydrogen-bond donors (Lipinski definition) is 0. The van der Waals surface area contributed by atoms with Gasteiger partial charge in [-0.2, -0.15) is 0 Å². The van der Waals surface area contributed by atoms with Crippen LogP contribution in [0.25, 0.3) is 0 Å². The van der Waals surface area contributed by atoms with Crippen molar-refractivity contribution >= 4 is 28.2 Å². The van der Waals surface area contributed by atoms with Crippen LogP contribution in [0, 0.1) is 0 Å². The fourth-order valence-corrected chi connectivity index (χ4v) is 3.20. The molecule has 26 heavy (non-hydrogen) atoms. The van der Waals surface area contributed by atoms with E-state index in [-0.39, 0.29) is 16.4 Å². The molecule has 0 aromatic rings. The van der Waals surface area contributed by atoms with E-state index >= 15 is 0 Å². The van der Waals surface area contributed by atoms with E-state index in [0.717, 1.165) is 50.6 Å². The van der Waals surface area contributed by atoms with Crippen LogP contribution >= 0.6 is 15.9 Å². The van der Waals surface area contributed by atoms with Crippen molar-refractivity contribution in [3.8, 4) is 0 Å². The van der Waals surface area contributed by atoms with E-state index in [1.165, 1.54) is 12.8 Å². The van der Waals surface area contributed by atoms with Crippen LogP contribution in [0.4, 0.5) is 0 Å². The quantitative estimate of drug-likeness (QED) is 0.174. The first-order chi connectivity index (χ1) is 12.3. The molecule has 1 unspecified atom stereocenters. The van der Waals surface area contributed by atoms with Gasteiger partial charge in [-0.25, -0.2) is 0 Å². The number of hydrogen-bond acceptors (Lipinski definition) is 4. The van der Waals surface area contributed by atoms with Crippen LogP contribution in [0.1, 0.15) is 78.6 Å². The summed E-state index contributed by atoms with van der Waals surface area (Å²) in [6.07, 6.45) is 13.5. The Morgan fingerprint density at radius 1 is 1.15 bits per heavy atom. The minimum absolute atomic E-state index is 0.0954. The molecular formula is C21H33BrO4. The number of rotatable bonds is 12. The SMILES string of the molecule is CC(C)(C)OC(=O)CCCCCCCCCOC1=C(C=O)C=CC(Br)C1. The van der Waals surface area contributed by atoms with E-state index in [1.807, 2.05) is 32.9 Å². The maximum absolute atomic E-state index is 11.6. The third kappa shape index (κ3) is 10.8. The van der Waals surface area contributed by atoms with Gasteiger partial charge in [-0.3, -0.25) is 9.59 Å². The van der Waals surface area contributed by atoms with Gasteiger partial charge in [-0.15, -0.1) is 0 Å². The average Bonchev–Trinajstić information content (AvgIpc) is 2.55. The Morgan fingerprint density at radius 2 is 1.77 bits per heavy atom. The molecule has 0 aliphatic heterocycles. The summed E-state index contributed by atoms with van der Waals surface area (Å²) in [6.45, 7) is 6.36. The number of carbonyl (C=O) groups is 2. The molecule has 1 aliphatic rings. The summed E-state index contributed by atoms with van der Waals surface area (Å²) in [5, 5.41) is 0. The van der Waals surface area contributed by atoms with Crippen LogP contribution < -0.4 is 0 Å². The van der Waals surface area contributed by atoms with Crippen LogP contribution in [0.5, 0.6) is 0 Å². The lowest BCUT2D eigenvalue weighted by molar-refractivity contribution is -0.154. The molecule has 5 heteroatoms. The van der Waals surface area contributed by atoms with Crippen LogP contribution in [0.3, 0.4) is 0 Å². The number of aldehydes is 1. The summed E-state index contributed by atoms with van der Waals surface area (Å²) in [5.74, 6) is 0.702. The number of unbranched alkanes of at least 4 members (excludes halogenated alkanes) is 6. The zero-order valence-corrected chi connectivity index (χ0v) is 18.0. The summed E-state index contributed by atoms with van der Waals surface area (Å²) in [5.41, 5.74) is 0.274. The topological polar surface area (TPSA) is 52.6 Å². The molecule has 0 amide bonds. The van der Waals surface area contributed by atoms with E-state index in [1.54, 1.807) is 0 Å². The molecular weight excluding hydrogens is 396 g/mol. The Bertz CT molecular complexity index is 503. The van der Waals surface area contributed by atoms with Gasteiger partial charge in [0.2, 0.25) is 0 Å². The molecule has 148 valence electrons. The number of allylic oxidation sites excluding steroid dienone is 4. The van der Waals surface area contributed by atoms with Crippen molar-refractivity contribution < 1.29 is 19.1 Å². The maximum atomic E-state index is 11.6. The average molecular weight is 429 g/mol. The molecule has 0 aromatic heterocycles. The van der Waals surface area contributed by atoms with Crippen LogP contribution in [-0.2, 0) is 19.1 Å². The maximum Gasteiger partial charge on any atom is 0.306 e. The third-order valence-corrected chi connectivity index (χ3v) is 4.66. The highest BCUT2D eigenvalue weighted by Gasteiger charge is 2.16. The Kier molecular flexibility index (Phi) is 10.9. The Balaban J connectivity index is 1.98. The Labute approximate surface area is 166 Å². The molecule has 0 saturated heterocycles. The van der Waals surface area contributed by atoms with Crippen molar-refractivity contribution in [2.75, 3.05) is 6.61 Å². The minimum Gasteiger partial charge on any atom is -0.497 e. The summed E-state index contributed by atoms with van der Waals surface area (Å²) in [4.78, 5) is 22.9. The fraction of sp³-hybridized carbons (Fsp3) is 0.714. The highest BCUT2D eigenvalue weighted by atomic mass is 79.9. The van der Waals surface area contributed by atoms with Gasteiger partial charge < -0.3 is 9.47 Å². The summed E-state index contributed by atoms with van der Waals surface area (Å²) in [6, 6.07) is 0. The van der Waals surface area contributed by atoms with E-state index in [4.69, 9.17) is 9.47 Å². The first-order valence-corrected chi connectivity index (χ1v) is 10.6. The van der Waals surface area contributed by atoms with Crippen molar-refractivity contribution in [1.29, 1.82) is 0 Å².